The van der Waals surface area contributed by atoms with E-state index < -0.39 is 0 Å². The Morgan fingerprint density at radius 2 is 1.93 bits per heavy atom. The molecule has 0 spiro atoms. The van der Waals surface area contributed by atoms with Crippen molar-refractivity contribution in [2.24, 2.45) is 0 Å². The molecule has 0 saturated heterocycles. The summed E-state index contributed by atoms with van der Waals surface area (Å²) in [5.74, 6) is -0.0679. The standard InChI is InChI=1S/C23H28ClN3O/c1-4-16-8-7-10-18-20(15-26-23(16)18)19(17-9-5-6-11-21(17)24)14-22(28)25-12-13-27(2)3/h5-11,15,19,26H,4,12-14H2,1-3H3,(H,25,28)/t19-/m0/s1. The first-order valence-electron chi connectivity index (χ1n) is 9.76. The number of benzene rings is 2. The second kappa shape index (κ2) is 9.26. The van der Waals surface area contributed by atoms with Crippen molar-refractivity contribution in [2.45, 2.75) is 25.7 Å². The fraction of sp³-hybridized carbons (Fsp3) is 0.348. The molecule has 28 heavy (non-hydrogen) atoms. The summed E-state index contributed by atoms with van der Waals surface area (Å²) in [6, 6.07) is 14.1. The van der Waals surface area contributed by atoms with E-state index in [-0.39, 0.29) is 11.8 Å². The number of nitrogens with one attached hydrogen (secondary N) is 2. The Balaban J connectivity index is 1.96. The first kappa shape index (κ1) is 20.4. The van der Waals surface area contributed by atoms with Crippen LogP contribution in [0.3, 0.4) is 0 Å². The predicted octanol–water partition coefficient (Wildman–Crippen LogP) is 4.58. The van der Waals surface area contributed by atoms with E-state index in [2.05, 4.69) is 40.3 Å². The predicted molar refractivity (Wildman–Crippen MR) is 117 cm³/mol. The van der Waals surface area contributed by atoms with Crippen LogP contribution in [0.15, 0.2) is 48.7 Å². The second-order valence-corrected chi connectivity index (χ2v) is 7.78. The number of rotatable bonds is 8. The second-order valence-electron chi connectivity index (χ2n) is 7.37. The average Bonchev–Trinajstić information content (AvgIpc) is 3.10. The summed E-state index contributed by atoms with van der Waals surface area (Å²) in [7, 11) is 3.99. The van der Waals surface area contributed by atoms with E-state index in [0.29, 0.717) is 18.0 Å². The molecule has 148 valence electrons. The number of hydrogen-bond acceptors (Lipinski definition) is 2. The number of aromatic nitrogens is 1. The molecule has 0 unspecified atom stereocenters. The molecule has 2 N–H and O–H groups in total. The SMILES string of the molecule is CCc1cccc2c([C@@H](CC(=O)NCCN(C)C)c3ccccc3Cl)c[nH]c12. The maximum atomic E-state index is 12.7. The van der Waals surface area contributed by atoms with Gasteiger partial charge in [-0.05, 0) is 43.3 Å². The third-order valence-electron chi connectivity index (χ3n) is 5.14. The highest BCUT2D eigenvalue weighted by molar-refractivity contribution is 6.31. The van der Waals surface area contributed by atoms with Gasteiger partial charge in [-0.25, -0.2) is 0 Å². The Bertz CT molecular complexity index is 948. The van der Waals surface area contributed by atoms with Crippen LogP contribution in [0.1, 0.15) is 36.0 Å². The number of nitrogens with zero attached hydrogens (tertiary/aromatic N) is 1. The van der Waals surface area contributed by atoms with Gasteiger partial charge < -0.3 is 15.2 Å². The molecule has 0 saturated carbocycles. The van der Waals surface area contributed by atoms with Gasteiger partial charge in [0.2, 0.25) is 5.91 Å². The van der Waals surface area contributed by atoms with Crippen molar-refractivity contribution in [3.05, 3.63) is 70.4 Å². The highest BCUT2D eigenvalue weighted by Gasteiger charge is 2.23. The molecular formula is C23H28ClN3O. The van der Waals surface area contributed by atoms with Crippen LogP contribution in [0.25, 0.3) is 10.9 Å². The number of aryl methyl sites for hydroxylation is 1. The molecule has 1 aromatic heterocycles. The monoisotopic (exact) mass is 397 g/mol. The van der Waals surface area contributed by atoms with Crippen molar-refractivity contribution in [3.8, 4) is 0 Å². The Kier molecular flexibility index (Phi) is 6.76. The van der Waals surface area contributed by atoms with Gasteiger partial charge in [0.15, 0.2) is 0 Å². The van der Waals surface area contributed by atoms with Crippen LogP contribution >= 0.6 is 11.6 Å². The number of carbonyl (C=O) groups is 1. The van der Waals surface area contributed by atoms with Gasteiger partial charge in [0, 0.05) is 47.6 Å². The van der Waals surface area contributed by atoms with Crippen LogP contribution in [0.4, 0.5) is 0 Å². The molecule has 1 atom stereocenters. The lowest BCUT2D eigenvalue weighted by atomic mass is 9.87. The van der Waals surface area contributed by atoms with Gasteiger partial charge in [-0.1, -0.05) is 54.9 Å². The summed E-state index contributed by atoms with van der Waals surface area (Å²) < 4.78 is 0. The van der Waals surface area contributed by atoms with Gasteiger partial charge in [-0.2, -0.15) is 0 Å². The Morgan fingerprint density at radius 1 is 1.14 bits per heavy atom. The van der Waals surface area contributed by atoms with Crippen LogP contribution in [-0.4, -0.2) is 43.0 Å². The summed E-state index contributed by atoms with van der Waals surface area (Å²) in [4.78, 5) is 18.2. The van der Waals surface area contributed by atoms with Gasteiger partial charge in [0.25, 0.3) is 0 Å². The number of fused-ring (bicyclic) bond motifs is 1. The third-order valence-corrected chi connectivity index (χ3v) is 5.49. The molecule has 0 aliphatic rings. The summed E-state index contributed by atoms with van der Waals surface area (Å²) in [6.45, 7) is 3.60. The number of carbonyl (C=O) groups excluding carboxylic acids is 1. The maximum absolute atomic E-state index is 12.7. The van der Waals surface area contributed by atoms with Crippen molar-refractivity contribution in [2.75, 3.05) is 27.2 Å². The molecule has 0 aliphatic carbocycles. The zero-order valence-electron chi connectivity index (χ0n) is 16.8. The number of H-pyrrole nitrogens is 1. The minimum Gasteiger partial charge on any atom is -0.361 e. The molecule has 1 amide bonds. The van der Waals surface area contributed by atoms with Gasteiger partial charge in [0.05, 0.1) is 0 Å². The van der Waals surface area contributed by atoms with Gasteiger partial charge >= 0.3 is 0 Å². The molecule has 3 aromatic rings. The van der Waals surface area contributed by atoms with E-state index in [9.17, 15) is 4.79 Å². The number of para-hydroxylation sites is 1. The van der Waals surface area contributed by atoms with Crippen molar-refractivity contribution >= 4 is 28.4 Å². The number of aromatic amines is 1. The number of hydrogen-bond donors (Lipinski definition) is 2. The lowest BCUT2D eigenvalue weighted by Gasteiger charge is -2.19. The minimum absolute atomic E-state index is 0.0350. The van der Waals surface area contributed by atoms with E-state index in [1.807, 2.05) is 44.6 Å². The molecule has 0 bridgehead atoms. The number of likely N-dealkylation sites (N-methyl/N-ethyl adjacent to an activating group) is 1. The first-order chi connectivity index (χ1) is 13.5. The van der Waals surface area contributed by atoms with Crippen LogP contribution in [0, 0.1) is 0 Å². The zero-order chi connectivity index (χ0) is 20.1. The summed E-state index contributed by atoms with van der Waals surface area (Å²) in [5, 5.41) is 4.88. The summed E-state index contributed by atoms with van der Waals surface area (Å²) in [5.41, 5.74) is 4.51. The molecule has 1 heterocycles. The quantitative estimate of drug-likeness (QED) is 0.584. The summed E-state index contributed by atoms with van der Waals surface area (Å²) >= 11 is 6.53. The normalized spacial score (nSPS) is 12.5. The molecule has 0 fully saturated rings. The maximum Gasteiger partial charge on any atom is 0.220 e. The largest absolute Gasteiger partial charge is 0.361 e. The van der Waals surface area contributed by atoms with E-state index in [1.165, 1.54) is 5.56 Å². The lowest BCUT2D eigenvalue weighted by molar-refractivity contribution is -0.121. The molecule has 2 aromatic carbocycles. The van der Waals surface area contributed by atoms with Crippen LogP contribution < -0.4 is 5.32 Å². The fourth-order valence-corrected chi connectivity index (χ4v) is 3.91. The van der Waals surface area contributed by atoms with E-state index in [0.717, 1.165) is 35.0 Å². The van der Waals surface area contributed by atoms with Crippen LogP contribution in [0.5, 0.6) is 0 Å². The molecule has 5 heteroatoms. The van der Waals surface area contributed by atoms with Gasteiger partial charge in [-0.3, -0.25) is 4.79 Å². The first-order valence-corrected chi connectivity index (χ1v) is 10.1. The average molecular weight is 398 g/mol. The third kappa shape index (κ3) is 4.57. The van der Waals surface area contributed by atoms with E-state index >= 15 is 0 Å². The fourth-order valence-electron chi connectivity index (χ4n) is 3.64. The Labute approximate surface area is 171 Å². The van der Waals surface area contributed by atoms with Crippen LogP contribution in [-0.2, 0) is 11.2 Å². The van der Waals surface area contributed by atoms with E-state index in [4.69, 9.17) is 11.6 Å². The Hall–Kier alpha value is -2.30. The molecule has 0 radical (unpaired) electrons. The summed E-state index contributed by atoms with van der Waals surface area (Å²) in [6.07, 6.45) is 3.35. The lowest BCUT2D eigenvalue weighted by Crippen LogP contribution is -2.32. The van der Waals surface area contributed by atoms with Crippen LogP contribution in [0.2, 0.25) is 5.02 Å². The van der Waals surface area contributed by atoms with Crippen molar-refractivity contribution < 1.29 is 4.79 Å². The van der Waals surface area contributed by atoms with Gasteiger partial charge in [0.1, 0.15) is 0 Å². The molecular weight excluding hydrogens is 370 g/mol. The number of halogens is 1. The molecule has 3 rings (SSSR count). The number of amides is 1. The van der Waals surface area contributed by atoms with E-state index in [1.54, 1.807) is 0 Å². The molecule has 0 aliphatic heterocycles. The smallest absolute Gasteiger partial charge is 0.220 e. The van der Waals surface area contributed by atoms with Crippen molar-refractivity contribution in [3.63, 3.8) is 0 Å². The van der Waals surface area contributed by atoms with Crippen molar-refractivity contribution in [1.29, 1.82) is 0 Å². The minimum atomic E-state index is -0.103. The highest BCUT2D eigenvalue weighted by Crippen LogP contribution is 2.37. The zero-order valence-corrected chi connectivity index (χ0v) is 17.5. The molecule has 4 nitrogen and oxygen atoms in total. The van der Waals surface area contributed by atoms with Gasteiger partial charge in [-0.15, -0.1) is 0 Å². The highest BCUT2D eigenvalue weighted by atomic mass is 35.5. The Morgan fingerprint density at radius 3 is 2.64 bits per heavy atom. The van der Waals surface area contributed by atoms with Crippen molar-refractivity contribution in [1.82, 2.24) is 15.2 Å². The topological polar surface area (TPSA) is 48.1 Å².